The van der Waals surface area contributed by atoms with E-state index in [0.717, 1.165) is 26.9 Å². The molecule has 2 aromatic carbocycles. The van der Waals surface area contributed by atoms with Crippen LogP contribution in [0.5, 0.6) is 0 Å². The maximum absolute atomic E-state index is 13.5. The summed E-state index contributed by atoms with van der Waals surface area (Å²) in [5.74, 6) is 0.228. The van der Waals surface area contributed by atoms with Crippen LogP contribution in [0.2, 0.25) is 0 Å². The van der Waals surface area contributed by atoms with Gasteiger partial charge in [-0.2, -0.15) is 0 Å². The molecule has 5 nitrogen and oxygen atoms in total. The van der Waals surface area contributed by atoms with Gasteiger partial charge in [0.05, 0.1) is 17.8 Å². The van der Waals surface area contributed by atoms with E-state index in [2.05, 4.69) is 4.98 Å². The van der Waals surface area contributed by atoms with Crippen LogP contribution in [0.25, 0.3) is 20.4 Å². The Balaban J connectivity index is 1.57. The van der Waals surface area contributed by atoms with Gasteiger partial charge in [0.15, 0.2) is 10.9 Å². The molecule has 3 heterocycles. The summed E-state index contributed by atoms with van der Waals surface area (Å²) in [5, 5.41) is 1.40. The molecule has 0 atom stereocenters. The van der Waals surface area contributed by atoms with Crippen LogP contribution in [0.15, 0.2) is 76.8 Å². The first kappa shape index (κ1) is 21.6. The van der Waals surface area contributed by atoms with Gasteiger partial charge in [0.2, 0.25) is 0 Å². The van der Waals surface area contributed by atoms with Gasteiger partial charge in [-0.1, -0.05) is 65.9 Å². The van der Waals surface area contributed by atoms with Crippen molar-refractivity contribution in [2.75, 3.05) is 5.75 Å². The zero-order valence-corrected chi connectivity index (χ0v) is 19.9. The lowest BCUT2D eigenvalue weighted by Gasteiger charge is -2.12. The molecule has 0 saturated carbocycles. The number of ketones is 1. The summed E-state index contributed by atoms with van der Waals surface area (Å²) in [6.07, 6.45) is 1.72. The monoisotopic (exact) mass is 471 g/mol. The lowest BCUT2D eigenvalue weighted by atomic mass is 10.0. The summed E-state index contributed by atoms with van der Waals surface area (Å²) >= 11 is 2.67. The van der Waals surface area contributed by atoms with Crippen molar-refractivity contribution in [2.24, 2.45) is 0 Å². The lowest BCUT2D eigenvalue weighted by molar-refractivity contribution is 0.102. The van der Waals surface area contributed by atoms with E-state index in [1.807, 2.05) is 74.5 Å². The van der Waals surface area contributed by atoms with Gasteiger partial charge in [-0.05, 0) is 37.1 Å². The Bertz CT molecular complexity index is 1560. The maximum Gasteiger partial charge on any atom is 0.272 e. The van der Waals surface area contributed by atoms with E-state index < -0.39 is 0 Å². The Hall–Kier alpha value is -3.29. The second kappa shape index (κ2) is 8.92. The number of carbonyl (C=O) groups excluding carboxylic acids is 1. The molecule has 5 aromatic rings. The highest BCUT2D eigenvalue weighted by atomic mass is 32.2. The van der Waals surface area contributed by atoms with Gasteiger partial charge in [-0.3, -0.25) is 14.2 Å². The number of fused-ring (bicyclic) bond motifs is 3. The third-order valence-corrected chi connectivity index (χ3v) is 7.58. The van der Waals surface area contributed by atoms with Crippen molar-refractivity contribution in [1.82, 2.24) is 14.5 Å². The van der Waals surface area contributed by atoms with Crippen LogP contribution in [0, 0.1) is 13.8 Å². The van der Waals surface area contributed by atoms with Gasteiger partial charge in [0.25, 0.3) is 5.56 Å². The van der Waals surface area contributed by atoms with Crippen LogP contribution in [-0.2, 0) is 6.54 Å². The summed E-state index contributed by atoms with van der Waals surface area (Å²) in [7, 11) is 0. The average Bonchev–Trinajstić information content (AvgIpc) is 3.19. The maximum atomic E-state index is 13.5. The summed E-state index contributed by atoms with van der Waals surface area (Å²) in [6.45, 7) is 4.35. The van der Waals surface area contributed by atoms with Gasteiger partial charge in [-0.25, -0.2) is 9.97 Å². The first-order chi connectivity index (χ1) is 16.0. The molecule has 0 aliphatic carbocycles. The zero-order valence-electron chi connectivity index (χ0n) is 18.2. The number of aryl methyl sites for hydroxylation is 2. The highest BCUT2D eigenvalue weighted by molar-refractivity contribution is 7.99. The molecule has 0 bridgehead atoms. The molecule has 0 spiro atoms. The molecule has 0 fully saturated rings. The van der Waals surface area contributed by atoms with Crippen molar-refractivity contribution in [3.8, 4) is 0 Å². The second-order valence-electron chi connectivity index (χ2n) is 7.94. The Labute approximate surface area is 199 Å². The largest absolute Gasteiger partial charge is 0.293 e. The normalized spacial score (nSPS) is 11.3. The number of Topliss-reactive ketones (excluding diaryl/α,β-unsaturated/α-hetero) is 1. The lowest BCUT2D eigenvalue weighted by Crippen LogP contribution is -2.23. The molecule has 164 valence electrons. The van der Waals surface area contributed by atoms with Gasteiger partial charge >= 0.3 is 0 Å². The number of pyridine rings is 1. The standard InChI is InChI=1S/C26H21N3O2S2/c1-16-10-11-19(17(2)13-16)21(30)15-32-26-28-22-20-9-6-12-27-24(20)33-23(22)25(31)29(26)14-18-7-4-3-5-8-18/h3-13H,14-15H2,1-2H3. The van der Waals surface area contributed by atoms with Crippen LogP contribution in [0.4, 0.5) is 0 Å². The number of carbonyl (C=O) groups is 1. The van der Waals surface area contributed by atoms with Crippen LogP contribution in [0.1, 0.15) is 27.0 Å². The molecule has 0 aliphatic heterocycles. The van der Waals surface area contributed by atoms with Gasteiger partial charge < -0.3 is 0 Å². The van der Waals surface area contributed by atoms with Crippen molar-refractivity contribution in [3.05, 3.63) is 99.5 Å². The number of hydrogen-bond donors (Lipinski definition) is 0. The Morgan fingerprint density at radius 1 is 1.06 bits per heavy atom. The van der Waals surface area contributed by atoms with E-state index in [0.29, 0.717) is 27.5 Å². The molecule has 5 rings (SSSR count). The number of nitrogens with zero attached hydrogens (tertiary/aromatic N) is 3. The minimum Gasteiger partial charge on any atom is -0.293 e. The zero-order chi connectivity index (χ0) is 22.9. The number of rotatable bonds is 6. The molecular formula is C26H21N3O2S2. The first-order valence-electron chi connectivity index (χ1n) is 10.6. The fraction of sp³-hybridized carbons (Fsp3) is 0.154. The number of aromatic nitrogens is 3. The van der Waals surface area contributed by atoms with Crippen molar-refractivity contribution < 1.29 is 4.79 Å². The summed E-state index contributed by atoms with van der Waals surface area (Å²) < 4.78 is 2.26. The van der Waals surface area contributed by atoms with Gasteiger partial charge in [-0.15, -0.1) is 11.3 Å². The highest BCUT2D eigenvalue weighted by Crippen LogP contribution is 2.31. The Morgan fingerprint density at radius 2 is 1.88 bits per heavy atom. The predicted octanol–water partition coefficient (Wildman–Crippen LogP) is 5.65. The molecule has 0 amide bonds. The molecule has 7 heteroatoms. The van der Waals surface area contributed by atoms with Crippen molar-refractivity contribution in [3.63, 3.8) is 0 Å². The fourth-order valence-corrected chi connectivity index (χ4v) is 5.80. The summed E-state index contributed by atoms with van der Waals surface area (Å²) in [4.78, 5) is 36.6. The molecule has 3 aromatic heterocycles. The topological polar surface area (TPSA) is 64.8 Å². The van der Waals surface area contributed by atoms with Gasteiger partial charge in [0, 0.05) is 17.1 Å². The number of thiophene rings is 1. The fourth-order valence-electron chi connectivity index (χ4n) is 3.89. The minimum absolute atomic E-state index is 0.0231. The molecule has 0 saturated heterocycles. The molecule has 0 radical (unpaired) electrons. The third kappa shape index (κ3) is 4.21. The second-order valence-corrected chi connectivity index (χ2v) is 9.88. The summed E-state index contributed by atoms with van der Waals surface area (Å²) in [5.41, 5.74) is 4.34. The van der Waals surface area contributed by atoms with E-state index in [1.54, 1.807) is 10.8 Å². The predicted molar refractivity (Wildman–Crippen MR) is 136 cm³/mol. The molecular weight excluding hydrogens is 450 g/mol. The molecule has 33 heavy (non-hydrogen) atoms. The third-order valence-electron chi connectivity index (χ3n) is 5.52. The van der Waals surface area contributed by atoms with Crippen LogP contribution in [0.3, 0.4) is 0 Å². The molecule has 0 unspecified atom stereocenters. The quantitative estimate of drug-likeness (QED) is 0.182. The van der Waals surface area contributed by atoms with E-state index >= 15 is 0 Å². The SMILES string of the molecule is Cc1ccc(C(=O)CSc2nc3c(sc4ncccc43)c(=O)n2Cc2ccccc2)c(C)c1. The van der Waals surface area contributed by atoms with Crippen molar-refractivity contribution in [1.29, 1.82) is 0 Å². The van der Waals surface area contributed by atoms with Crippen LogP contribution < -0.4 is 5.56 Å². The Kier molecular flexibility index (Phi) is 5.83. The van der Waals surface area contributed by atoms with E-state index in [4.69, 9.17) is 4.98 Å². The van der Waals surface area contributed by atoms with Crippen LogP contribution >= 0.6 is 23.1 Å². The van der Waals surface area contributed by atoms with E-state index in [-0.39, 0.29) is 17.1 Å². The minimum atomic E-state index is -0.103. The molecule has 0 N–H and O–H groups in total. The number of thioether (sulfide) groups is 1. The van der Waals surface area contributed by atoms with Gasteiger partial charge in [0.1, 0.15) is 9.53 Å². The Morgan fingerprint density at radius 3 is 2.67 bits per heavy atom. The van der Waals surface area contributed by atoms with E-state index in [9.17, 15) is 9.59 Å². The first-order valence-corrected chi connectivity index (χ1v) is 12.4. The molecule has 0 aliphatic rings. The average molecular weight is 472 g/mol. The summed E-state index contributed by atoms with van der Waals surface area (Å²) in [6, 6.07) is 19.4. The highest BCUT2D eigenvalue weighted by Gasteiger charge is 2.19. The number of benzene rings is 2. The van der Waals surface area contributed by atoms with Crippen molar-refractivity contribution >= 4 is 49.3 Å². The van der Waals surface area contributed by atoms with E-state index in [1.165, 1.54) is 23.1 Å². The van der Waals surface area contributed by atoms with Crippen molar-refractivity contribution in [2.45, 2.75) is 25.5 Å². The number of hydrogen-bond acceptors (Lipinski definition) is 6. The smallest absolute Gasteiger partial charge is 0.272 e. The van der Waals surface area contributed by atoms with Crippen LogP contribution in [-0.4, -0.2) is 26.1 Å².